The molecule has 0 heterocycles. The molecule has 0 saturated carbocycles. The molecule has 0 aromatic heterocycles. The van der Waals surface area contributed by atoms with Crippen molar-refractivity contribution in [3.63, 3.8) is 0 Å². The van der Waals surface area contributed by atoms with Crippen molar-refractivity contribution in [3.05, 3.63) is 194 Å². The Morgan fingerprint density at radius 3 is 0.887 bits per heavy atom. The van der Waals surface area contributed by atoms with E-state index in [0.717, 1.165) is 148 Å². The summed E-state index contributed by atoms with van der Waals surface area (Å²) in [4.78, 5) is 72.9. The van der Waals surface area contributed by atoms with Crippen LogP contribution in [0.2, 0.25) is 0 Å². The average Bonchev–Trinajstić information content (AvgIpc) is 0.902. The first-order chi connectivity index (χ1) is 51.7. The second kappa shape index (κ2) is 77.1. The summed E-state index contributed by atoms with van der Waals surface area (Å²) in [5.41, 5.74) is 0. The molecular formula is C87H138O17P2. The lowest BCUT2D eigenvalue weighted by Gasteiger charge is -2.21. The van der Waals surface area contributed by atoms with Gasteiger partial charge in [-0.15, -0.1) is 0 Å². The number of rotatable bonds is 72. The van der Waals surface area contributed by atoms with E-state index < -0.39 is 97.5 Å². The van der Waals surface area contributed by atoms with Crippen LogP contribution in [0.1, 0.15) is 272 Å². The lowest BCUT2D eigenvalue weighted by atomic mass is 10.1. The van der Waals surface area contributed by atoms with Crippen LogP contribution in [0.5, 0.6) is 0 Å². The number of unbranched alkanes of at least 4 members (excludes halogenated alkanes) is 15. The van der Waals surface area contributed by atoms with E-state index in [2.05, 4.69) is 180 Å². The molecule has 0 rings (SSSR count). The third kappa shape index (κ3) is 76.1. The van der Waals surface area contributed by atoms with Gasteiger partial charge in [-0.3, -0.25) is 37.3 Å². The summed E-state index contributed by atoms with van der Waals surface area (Å²) < 4.78 is 68.4. The molecule has 0 bridgehead atoms. The minimum atomic E-state index is -5.02. The highest BCUT2D eigenvalue weighted by Gasteiger charge is 2.30. The van der Waals surface area contributed by atoms with Crippen LogP contribution in [0, 0.1) is 0 Å². The number of aliphatic hydroxyl groups is 1. The molecule has 17 nitrogen and oxygen atoms in total. The van der Waals surface area contributed by atoms with Crippen molar-refractivity contribution < 1.29 is 80.2 Å². The highest BCUT2D eigenvalue weighted by atomic mass is 31.2. The quantitative estimate of drug-likeness (QED) is 0.0169. The Hall–Kier alpha value is -6.10. The van der Waals surface area contributed by atoms with Gasteiger partial charge in [-0.25, -0.2) is 9.13 Å². The van der Waals surface area contributed by atoms with E-state index in [4.69, 9.17) is 37.0 Å². The number of hydrogen-bond donors (Lipinski definition) is 3. The summed E-state index contributed by atoms with van der Waals surface area (Å²) in [6, 6.07) is 0. The van der Waals surface area contributed by atoms with Gasteiger partial charge in [0.25, 0.3) is 0 Å². The summed E-state index contributed by atoms with van der Waals surface area (Å²) in [6.45, 7) is 4.26. The van der Waals surface area contributed by atoms with Crippen LogP contribution in [0.15, 0.2) is 194 Å². The Balaban J connectivity index is 5.55. The van der Waals surface area contributed by atoms with Crippen molar-refractivity contribution >= 4 is 39.5 Å². The fourth-order valence-electron chi connectivity index (χ4n) is 9.66. The maximum absolute atomic E-state index is 13.1. The van der Waals surface area contributed by atoms with Crippen LogP contribution in [0.4, 0.5) is 0 Å². The molecule has 5 atom stereocenters. The summed E-state index contributed by atoms with van der Waals surface area (Å²) >= 11 is 0. The molecule has 3 N–H and O–H groups in total. The SMILES string of the molecule is CC/C=C\C/C=C\C/C=C\C/C=C\C/C=C\C/C=C\CCC(=O)OCC(COP(=O)(O)OCC(O)COP(=O)(O)OCC(COC(=O)C/C=C\C/C=C\C/C=C\C/C=C\C/C=C\CC)OC(=O)CCCCCCC/C=C\CCCCCCCC)OC(=O)CCCCCC/C=C\C/C=C\C/C=C\C/C=C\CC. The van der Waals surface area contributed by atoms with Gasteiger partial charge in [-0.2, -0.15) is 0 Å². The molecule has 0 aliphatic heterocycles. The number of allylic oxidation sites excluding steroid dienone is 31. The van der Waals surface area contributed by atoms with E-state index >= 15 is 0 Å². The molecule has 0 aliphatic carbocycles. The van der Waals surface area contributed by atoms with Crippen molar-refractivity contribution in [1.82, 2.24) is 0 Å². The molecule has 5 unspecified atom stereocenters. The Labute approximate surface area is 640 Å². The second-order valence-corrected chi connectivity index (χ2v) is 28.4. The summed E-state index contributed by atoms with van der Waals surface area (Å²) in [5.74, 6) is -2.48. The van der Waals surface area contributed by atoms with E-state index in [1.54, 1.807) is 6.08 Å². The van der Waals surface area contributed by atoms with Gasteiger partial charge in [0.15, 0.2) is 12.2 Å². The number of carbonyl (C=O) groups is 4. The van der Waals surface area contributed by atoms with Crippen molar-refractivity contribution in [1.29, 1.82) is 0 Å². The van der Waals surface area contributed by atoms with E-state index in [0.29, 0.717) is 32.1 Å². The number of carbonyl (C=O) groups excluding carboxylic acids is 4. The molecule has 0 aliphatic rings. The predicted molar refractivity (Wildman–Crippen MR) is 436 cm³/mol. The lowest BCUT2D eigenvalue weighted by molar-refractivity contribution is -0.161. The number of phosphoric ester groups is 2. The summed E-state index contributed by atoms with van der Waals surface area (Å²) in [6.07, 6.45) is 94.6. The normalized spacial score (nSPS) is 14.9. The molecule has 0 aromatic rings. The Bertz CT molecular complexity index is 2780. The first kappa shape index (κ1) is 99.9. The zero-order valence-corrected chi connectivity index (χ0v) is 67.1. The Morgan fingerprint density at radius 2 is 0.547 bits per heavy atom. The Kier molecular flexibility index (Phi) is 72.6. The molecule has 0 saturated heterocycles. The van der Waals surface area contributed by atoms with Gasteiger partial charge < -0.3 is 33.8 Å². The fraction of sp³-hybridized carbons (Fsp3) is 0.586. The van der Waals surface area contributed by atoms with E-state index in [1.165, 1.54) is 38.5 Å². The molecule has 106 heavy (non-hydrogen) atoms. The van der Waals surface area contributed by atoms with Crippen molar-refractivity contribution in [2.45, 2.75) is 290 Å². The van der Waals surface area contributed by atoms with Gasteiger partial charge >= 0.3 is 39.5 Å². The molecule has 0 fully saturated rings. The van der Waals surface area contributed by atoms with E-state index in [1.807, 2.05) is 36.5 Å². The van der Waals surface area contributed by atoms with Crippen LogP contribution in [-0.2, 0) is 65.4 Å². The monoisotopic (exact) mass is 1520 g/mol. The van der Waals surface area contributed by atoms with Gasteiger partial charge in [0.05, 0.1) is 32.8 Å². The summed E-state index contributed by atoms with van der Waals surface area (Å²) in [5, 5.41) is 10.6. The topological polar surface area (TPSA) is 237 Å². The number of phosphoric acid groups is 2. The predicted octanol–water partition coefficient (Wildman–Crippen LogP) is 23.3. The second-order valence-electron chi connectivity index (χ2n) is 25.5. The van der Waals surface area contributed by atoms with Crippen LogP contribution in [0.3, 0.4) is 0 Å². The molecule has 0 aromatic carbocycles. The highest BCUT2D eigenvalue weighted by molar-refractivity contribution is 7.47. The average molecular weight is 1520 g/mol. The molecule has 19 heteroatoms. The number of esters is 4. The minimum absolute atomic E-state index is 0.0205. The number of hydrogen-bond acceptors (Lipinski definition) is 15. The number of ether oxygens (including phenoxy) is 4. The van der Waals surface area contributed by atoms with Gasteiger partial charge in [-0.05, 0) is 154 Å². The third-order valence-electron chi connectivity index (χ3n) is 15.6. The lowest BCUT2D eigenvalue weighted by Crippen LogP contribution is -2.30. The molecule has 598 valence electrons. The largest absolute Gasteiger partial charge is 0.472 e. The standard InChI is InChI=1S/C87H138O17P2/c1-5-9-13-17-21-25-29-33-37-39-40-42-45-48-52-56-60-64-68-72-85(90)98-78-83(104-87(92)74-70-66-62-58-54-50-46-41-38-34-30-26-22-18-14-10-6-2)80-102-106(95,96)100-76-81(88)75-99-105(93,94)101-79-82(103-86(91)73-69-65-61-57-53-49-44-36-32-28-24-20-16-12-8-4)77-97-84(89)71-67-63-59-55-51-47-43-35-31-27-23-19-15-11-7-3/h9-11,13-15,21-23,25-27,33-38,40,42-44,46,48,50-52,55,60,63-64,67,81-83,88H,5-8,12,16-20,24,28-32,39,41,45,47,49,53-54,56-59,61-62,65-66,68-80H2,1-4H3,(H,93,94)(H,95,96)/b13-9-,14-10-,15-11-,25-21-,26-22-,27-23-,37-33-,38-34-,42-40-,43-35-,44-36-,50-46-,52-48-,55-51-,64-60-,67-63-. The van der Waals surface area contributed by atoms with Crippen LogP contribution >= 0.6 is 15.6 Å². The minimum Gasteiger partial charge on any atom is -0.462 e. The maximum Gasteiger partial charge on any atom is 0.472 e. The third-order valence-corrected chi connectivity index (χ3v) is 17.5. The van der Waals surface area contributed by atoms with Gasteiger partial charge in [0.2, 0.25) is 0 Å². The van der Waals surface area contributed by atoms with Crippen molar-refractivity contribution in [3.8, 4) is 0 Å². The van der Waals surface area contributed by atoms with Crippen molar-refractivity contribution in [2.75, 3.05) is 39.6 Å². The smallest absolute Gasteiger partial charge is 0.462 e. The van der Waals surface area contributed by atoms with Crippen LogP contribution in [-0.4, -0.2) is 96.7 Å². The van der Waals surface area contributed by atoms with Crippen molar-refractivity contribution in [2.24, 2.45) is 0 Å². The van der Waals surface area contributed by atoms with Gasteiger partial charge in [-0.1, -0.05) is 286 Å². The fourth-order valence-corrected chi connectivity index (χ4v) is 11.2. The van der Waals surface area contributed by atoms with E-state index in [-0.39, 0.29) is 25.7 Å². The molecular weight excluding hydrogens is 1380 g/mol. The van der Waals surface area contributed by atoms with Gasteiger partial charge in [0, 0.05) is 19.3 Å². The summed E-state index contributed by atoms with van der Waals surface area (Å²) in [7, 11) is -10.0. The molecule has 0 spiro atoms. The molecule has 0 amide bonds. The van der Waals surface area contributed by atoms with Crippen LogP contribution < -0.4 is 0 Å². The van der Waals surface area contributed by atoms with Gasteiger partial charge in [0.1, 0.15) is 19.3 Å². The Morgan fingerprint density at radius 1 is 0.283 bits per heavy atom. The first-order valence-corrected chi connectivity index (χ1v) is 42.7. The zero-order chi connectivity index (χ0) is 77.4. The molecule has 0 radical (unpaired) electrons. The number of aliphatic hydroxyl groups excluding tert-OH is 1. The van der Waals surface area contributed by atoms with Crippen LogP contribution in [0.25, 0.3) is 0 Å². The zero-order valence-electron chi connectivity index (χ0n) is 65.3. The first-order valence-electron chi connectivity index (χ1n) is 39.7. The maximum atomic E-state index is 13.1. The highest BCUT2D eigenvalue weighted by Crippen LogP contribution is 2.45. The van der Waals surface area contributed by atoms with E-state index in [9.17, 15) is 43.2 Å².